The molecule has 0 bridgehead atoms. The van der Waals surface area contributed by atoms with Crippen LogP contribution < -0.4 is 0 Å². The highest BCUT2D eigenvalue weighted by Crippen LogP contribution is 2.81. The van der Waals surface area contributed by atoms with Gasteiger partial charge in [-0.05, 0) is 0 Å². The zero-order valence-electron chi connectivity index (χ0n) is 8.25. The molecule has 0 fully saturated rings. The lowest BCUT2D eigenvalue weighted by Gasteiger charge is -2.28. The monoisotopic (exact) mass is 370 g/mol. The van der Waals surface area contributed by atoms with Gasteiger partial charge in [-0.2, -0.15) is 52.7 Å². The summed E-state index contributed by atoms with van der Waals surface area (Å²) in [5.41, 5.74) is 0. The van der Waals surface area contributed by atoms with Gasteiger partial charge in [0.2, 0.25) is 0 Å². The quantitative estimate of drug-likeness (QED) is 0.457. The first-order valence-corrected chi connectivity index (χ1v) is 6.59. The van der Waals surface area contributed by atoms with E-state index < -0.39 is 39.2 Å². The Labute approximate surface area is 102 Å². The van der Waals surface area contributed by atoms with E-state index in [1.165, 1.54) is 0 Å². The maximum Gasteiger partial charge on any atom is 0.475 e. The van der Waals surface area contributed by atoms with Gasteiger partial charge in [0.1, 0.15) is 0 Å². The van der Waals surface area contributed by atoms with Gasteiger partial charge < -0.3 is 0 Å². The molecule has 0 aromatic carbocycles. The summed E-state index contributed by atoms with van der Waals surface area (Å²) in [6, 6.07) is 0. The van der Waals surface area contributed by atoms with Gasteiger partial charge in [-0.15, -0.1) is 0 Å². The minimum Gasteiger partial charge on any atom is -0.275 e. The fourth-order valence-electron chi connectivity index (χ4n) is 0.588. The molecule has 0 rings (SSSR count). The summed E-state index contributed by atoms with van der Waals surface area (Å²) in [6.07, 6.45) is 0. The van der Waals surface area contributed by atoms with E-state index in [0.717, 1.165) is 0 Å². The molecule has 0 spiro atoms. The molecule has 0 amide bonds. The summed E-state index contributed by atoms with van der Waals surface area (Å²) in [4.78, 5) is 0. The van der Waals surface area contributed by atoms with E-state index in [4.69, 9.17) is 0 Å². The highest BCUT2D eigenvalue weighted by molar-refractivity contribution is 7.71. The molecule has 0 aliphatic rings. The molecule has 16 heteroatoms. The Morgan fingerprint density at radius 2 is 0.900 bits per heavy atom. The van der Waals surface area contributed by atoms with Crippen LogP contribution in [0.5, 0.6) is 0 Å². The van der Waals surface area contributed by atoms with Gasteiger partial charge in [-0.1, -0.05) is 0 Å². The average molecular weight is 370 g/mol. The third kappa shape index (κ3) is 4.14. The second kappa shape index (κ2) is 5.20. The van der Waals surface area contributed by atoms with Crippen molar-refractivity contribution in [1.29, 1.82) is 0 Å². The van der Waals surface area contributed by atoms with Crippen molar-refractivity contribution in [2.75, 3.05) is 0 Å². The predicted octanol–water partition coefficient (Wildman–Crippen LogP) is 5.76. The fraction of sp³-hybridized carbons (Fsp3) is 1.00. The van der Waals surface area contributed by atoms with Crippen LogP contribution >= 0.6 is 15.5 Å². The second-order valence-corrected chi connectivity index (χ2v) is 7.17. The maximum atomic E-state index is 11.9. The summed E-state index contributed by atoms with van der Waals surface area (Å²) >= 11 is 0. The number of alkyl halides is 12. The summed E-state index contributed by atoms with van der Waals surface area (Å²) in [6.45, 7) is 0. The van der Waals surface area contributed by atoms with E-state index in [-0.39, 0.29) is 0 Å². The van der Waals surface area contributed by atoms with E-state index in [0.29, 0.717) is 0 Å². The van der Waals surface area contributed by atoms with E-state index in [1.54, 1.807) is 0 Å². The van der Waals surface area contributed by atoms with E-state index in [2.05, 4.69) is 0 Å². The molecule has 122 valence electrons. The van der Waals surface area contributed by atoms with E-state index in [9.17, 15) is 57.3 Å². The molecule has 0 saturated heterocycles. The summed E-state index contributed by atoms with van der Waals surface area (Å²) in [5.74, 6) is -27.2. The smallest absolute Gasteiger partial charge is 0.275 e. The van der Waals surface area contributed by atoms with E-state index >= 15 is 0 Å². The van der Waals surface area contributed by atoms with Gasteiger partial charge in [0.05, 0.1) is 0 Å². The molecule has 0 atom stereocenters. The Morgan fingerprint density at radius 1 is 0.650 bits per heavy atom. The zero-order chi connectivity index (χ0) is 16.8. The van der Waals surface area contributed by atoms with Crippen LogP contribution in [0.25, 0.3) is 0 Å². The average Bonchev–Trinajstić information content (AvgIpc) is 2.05. The molecule has 0 radical (unpaired) electrons. The molecule has 0 N–H and O–H groups in total. The maximum absolute atomic E-state index is 11.9. The third-order valence-electron chi connectivity index (χ3n) is 1.32. The van der Waals surface area contributed by atoms with Crippen LogP contribution in [-0.4, -0.2) is 23.7 Å². The predicted molar refractivity (Wildman–Crippen MR) is 39.8 cm³/mol. The van der Waals surface area contributed by atoms with Gasteiger partial charge in [-0.3, -0.25) is 8.88 Å². The van der Waals surface area contributed by atoms with Crippen LogP contribution in [0.3, 0.4) is 0 Å². The second-order valence-electron chi connectivity index (χ2n) is 2.80. The van der Waals surface area contributed by atoms with Crippen molar-refractivity contribution in [3.8, 4) is 0 Å². The van der Waals surface area contributed by atoms with Gasteiger partial charge in [-0.25, -0.2) is 0 Å². The van der Waals surface area contributed by atoms with Crippen molar-refractivity contribution < 1.29 is 61.6 Å². The molecule has 0 aromatic rings. The van der Waals surface area contributed by atoms with Gasteiger partial charge in [0, 0.05) is 0 Å². The van der Waals surface area contributed by atoms with Gasteiger partial charge >= 0.3 is 31.0 Å². The molecule has 0 aromatic heterocycles. The lowest BCUT2D eigenvalue weighted by atomic mass is 11.5. The van der Waals surface area contributed by atoms with Crippen LogP contribution in [-0.2, 0) is 8.88 Å². The van der Waals surface area contributed by atoms with Gasteiger partial charge in [0.25, 0.3) is 8.15 Å². The molecule has 20 heavy (non-hydrogen) atoms. The number of rotatable bonds is 2. The van der Waals surface area contributed by atoms with Crippen molar-refractivity contribution >= 4 is 15.5 Å². The Balaban J connectivity index is 5.87. The summed E-state index contributed by atoms with van der Waals surface area (Å²) in [5, 5.41) is 0. The summed E-state index contributed by atoms with van der Waals surface area (Å²) < 4.78 is 155. The Hall–Kier alpha value is -0.220. The Bertz CT molecular complexity index is 354. The van der Waals surface area contributed by atoms with Crippen LogP contribution in [0.1, 0.15) is 0 Å². The normalized spacial score (nSPS) is 15.8. The standard InChI is InChI=1S/C4F12O2P2/c5-1(6,7)19(2(8,9)10)18-20(17,3(11,12)13)4(14,15)16. The van der Waals surface area contributed by atoms with Crippen LogP contribution in [0, 0.1) is 0 Å². The molecular weight excluding hydrogens is 370 g/mol. The van der Waals surface area contributed by atoms with Crippen molar-refractivity contribution in [2.24, 2.45) is 0 Å². The van der Waals surface area contributed by atoms with Crippen LogP contribution in [0.2, 0.25) is 0 Å². The minimum atomic E-state index is -8.25. The SMILES string of the molecule is O=P(OP(C(F)(F)F)C(F)(F)F)(C(F)(F)F)C(F)(F)F. The number of halogens is 12. The topological polar surface area (TPSA) is 26.3 Å². The molecule has 0 aliphatic heterocycles. The molecular formula is C4F12O2P2. The Kier molecular flexibility index (Phi) is 5.15. The van der Waals surface area contributed by atoms with Crippen molar-refractivity contribution in [3.05, 3.63) is 0 Å². The van der Waals surface area contributed by atoms with Crippen LogP contribution in [0.15, 0.2) is 0 Å². The summed E-state index contributed by atoms with van der Waals surface area (Å²) in [7, 11) is -14.5. The molecule has 0 aliphatic carbocycles. The molecule has 2 nitrogen and oxygen atoms in total. The molecule has 0 saturated carbocycles. The van der Waals surface area contributed by atoms with Crippen molar-refractivity contribution in [2.45, 2.75) is 23.7 Å². The van der Waals surface area contributed by atoms with E-state index in [1.807, 2.05) is 4.31 Å². The first-order chi connectivity index (χ1) is 8.34. The van der Waals surface area contributed by atoms with Crippen molar-refractivity contribution in [3.63, 3.8) is 0 Å². The largest absolute Gasteiger partial charge is 0.475 e. The zero-order valence-corrected chi connectivity index (χ0v) is 10.0. The first kappa shape index (κ1) is 19.8. The first-order valence-electron chi connectivity index (χ1n) is 3.71. The lowest BCUT2D eigenvalue weighted by Crippen LogP contribution is -2.27. The lowest BCUT2D eigenvalue weighted by molar-refractivity contribution is -0.114. The highest BCUT2D eigenvalue weighted by Gasteiger charge is 2.75. The third-order valence-corrected chi connectivity index (χ3v) is 5.15. The molecule has 0 heterocycles. The number of hydrogen-bond acceptors (Lipinski definition) is 2. The van der Waals surface area contributed by atoms with Crippen LogP contribution in [0.4, 0.5) is 52.7 Å². The van der Waals surface area contributed by atoms with Gasteiger partial charge in [0.15, 0.2) is 0 Å². The number of hydrogen-bond donors (Lipinski definition) is 0. The highest BCUT2D eigenvalue weighted by atomic mass is 31.2. The molecule has 0 unspecified atom stereocenters. The minimum absolute atomic E-state index is 2.02. The fourth-order valence-corrected chi connectivity index (χ4v) is 3.56. The Morgan fingerprint density at radius 3 is 1.05 bits per heavy atom. The van der Waals surface area contributed by atoms with Crippen molar-refractivity contribution in [1.82, 2.24) is 0 Å².